The van der Waals surface area contributed by atoms with Gasteiger partial charge in [0.1, 0.15) is 0 Å². The molecule has 0 N–H and O–H groups in total. The summed E-state index contributed by atoms with van der Waals surface area (Å²) < 4.78 is 24.4. The van der Waals surface area contributed by atoms with Crippen molar-refractivity contribution >= 4 is 10.8 Å². The van der Waals surface area contributed by atoms with Crippen molar-refractivity contribution in [1.29, 1.82) is 0 Å². The number of methoxy groups -OCH3 is 2. The van der Waals surface area contributed by atoms with Crippen molar-refractivity contribution in [3.8, 4) is 34.3 Å². The van der Waals surface area contributed by atoms with E-state index in [4.69, 9.17) is 24.2 Å². The van der Waals surface area contributed by atoms with Gasteiger partial charge in [0.2, 0.25) is 12.5 Å². The smallest absolute Gasteiger partial charge is 0.231 e. The van der Waals surface area contributed by atoms with Gasteiger partial charge in [-0.15, -0.1) is 0 Å². The zero-order chi connectivity index (χ0) is 20.4. The minimum Gasteiger partial charge on any atom is -0.664 e. The van der Waals surface area contributed by atoms with Crippen molar-refractivity contribution in [2.45, 2.75) is 13.0 Å². The van der Waals surface area contributed by atoms with Crippen molar-refractivity contribution in [2.75, 3.05) is 21.0 Å². The Morgan fingerprint density at radius 2 is 1.86 bits per heavy atom. The van der Waals surface area contributed by atoms with Gasteiger partial charge in [0.25, 0.3) is 0 Å². The summed E-state index contributed by atoms with van der Waals surface area (Å²) in [5.74, 6) is 3.18. The fourth-order valence-corrected chi connectivity index (χ4v) is 3.77. The molecule has 29 heavy (non-hydrogen) atoms. The van der Waals surface area contributed by atoms with Crippen LogP contribution in [0.1, 0.15) is 5.56 Å². The Hall–Kier alpha value is -3.45. The van der Waals surface area contributed by atoms with Gasteiger partial charge in [-0.25, -0.2) is 0 Å². The number of aromatic nitrogens is 1. The first kappa shape index (κ1) is 18.9. The third-order valence-electron chi connectivity index (χ3n) is 5.07. The van der Waals surface area contributed by atoms with Crippen LogP contribution in [0.2, 0.25) is 0 Å². The van der Waals surface area contributed by atoms with Gasteiger partial charge >= 0.3 is 0 Å². The second kappa shape index (κ2) is 7.89. The van der Waals surface area contributed by atoms with E-state index in [1.807, 2.05) is 6.07 Å². The highest BCUT2D eigenvalue weighted by Gasteiger charge is 2.28. The number of nitrogens with zero attached hydrogens (tertiary/aromatic N) is 1. The summed E-state index contributed by atoms with van der Waals surface area (Å²) in [5.41, 5.74) is 3.68. The molecule has 2 aromatic carbocycles. The van der Waals surface area contributed by atoms with E-state index in [-0.39, 0.29) is 0 Å². The van der Waals surface area contributed by atoms with Gasteiger partial charge in [-0.1, -0.05) is 6.58 Å². The maximum absolute atomic E-state index is 8.68. The highest BCUT2D eigenvalue weighted by atomic mass is 17.1. The number of rotatable bonds is 3. The molecule has 3 heterocycles. The first-order chi connectivity index (χ1) is 14.2. The molecule has 0 bridgehead atoms. The Bertz CT molecular complexity index is 1080. The zero-order valence-corrected chi connectivity index (χ0v) is 16.3. The maximum atomic E-state index is 8.68. The maximum Gasteiger partial charge on any atom is 0.231 e. The third kappa shape index (κ3) is 3.30. The van der Waals surface area contributed by atoms with Gasteiger partial charge in [0.15, 0.2) is 35.7 Å². The van der Waals surface area contributed by atoms with Gasteiger partial charge < -0.3 is 29.1 Å². The van der Waals surface area contributed by atoms with Gasteiger partial charge in [-0.3, -0.25) is 0 Å². The van der Waals surface area contributed by atoms with Crippen LogP contribution in [0.3, 0.4) is 0 Å². The SMILES string of the molecule is C=CO[O-].COc1ccc2cc3[n+](cc2c1OC)CCc1cc2c(cc1-3)OCO2. The quantitative estimate of drug-likeness (QED) is 0.294. The van der Waals surface area contributed by atoms with E-state index in [0.29, 0.717) is 6.79 Å². The standard InChI is InChI=1S/C20H18NO4.C2H4O2/c1-22-17-4-3-12-7-16-14-9-19-18(24-11-25-19)8-13(14)5-6-21(16)10-15(12)20(17)23-2;1-2-4-3/h3-4,7-10H,5-6,11H2,1-2H3;2-3H,1H2/q+1;/p-1. The number of hydrogen-bond donors (Lipinski definition) is 0. The molecule has 2 aliphatic rings. The first-order valence-electron chi connectivity index (χ1n) is 9.10. The van der Waals surface area contributed by atoms with Crippen LogP contribution in [-0.2, 0) is 17.9 Å². The predicted molar refractivity (Wildman–Crippen MR) is 104 cm³/mol. The molecule has 0 radical (unpaired) electrons. The van der Waals surface area contributed by atoms with E-state index in [0.717, 1.165) is 53.0 Å². The average molecular weight is 395 g/mol. The minimum absolute atomic E-state index is 0.299. The first-order valence-corrected chi connectivity index (χ1v) is 9.10. The van der Waals surface area contributed by atoms with Crippen molar-refractivity contribution < 1.29 is 33.7 Å². The summed E-state index contributed by atoms with van der Waals surface area (Å²) in [7, 11) is 3.34. The average Bonchev–Trinajstić information content (AvgIpc) is 3.23. The van der Waals surface area contributed by atoms with Crippen LogP contribution < -0.4 is 28.8 Å². The van der Waals surface area contributed by atoms with E-state index in [9.17, 15) is 0 Å². The molecule has 0 unspecified atom stereocenters. The molecular formula is C22H21NO6. The van der Waals surface area contributed by atoms with Crippen LogP contribution in [0.15, 0.2) is 49.4 Å². The highest BCUT2D eigenvalue weighted by Crippen LogP contribution is 2.41. The number of ether oxygens (including phenoxy) is 4. The van der Waals surface area contributed by atoms with E-state index >= 15 is 0 Å². The lowest BCUT2D eigenvalue weighted by Gasteiger charge is -2.17. The molecule has 3 aromatic rings. The zero-order valence-electron chi connectivity index (χ0n) is 16.3. The summed E-state index contributed by atoms with van der Waals surface area (Å²) in [5, 5.41) is 10.9. The van der Waals surface area contributed by atoms with Gasteiger partial charge in [0, 0.05) is 12.5 Å². The molecule has 2 aliphatic heterocycles. The number of hydrogen-bond acceptors (Lipinski definition) is 6. The topological polar surface area (TPSA) is 73.1 Å². The number of benzene rings is 2. The van der Waals surface area contributed by atoms with Gasteiger partial charge in [0.05, 0.1) is 31.4 Å². The normalized spacial score (nSPS) is 12.9. The van der Waals surface area contributed by atoms with Crippen molar-refractivity contribution in [3.63, 3.8) is 0 Å². The van der Waals surface area contributed by atoms with Crippen LogP contribution >= 0.6 is 0 Å². The van der Waals surface area contributed by atoms with Gasteiger partial charge in [-0.2, -0.15) is 4.57 Å². The Morgan fingerprint density at radius 1 is 1.10 bits per heavy atom. The summed E-state index contributed by atoms with van der Waals surface area (Å²) in [4.78, 5) is 3.06. The molecule has 0 amide bonds. The fourth-order valence-electron chi connectivity index (χ4n) is 3.77. The number of pyridine rings is 1. The molecule has 0 saturated carbocycles. The second-order valence-electron chi connectivity index (χ2n) is 6.53. The molecule has 0 saturated heterocycles. The molecule has 0 fully saturated rings. The summed E-state index contributed by atoms with van der Waals surface area (Å²) in [6, 6.07) is 10.4. The molecule has 0 aliphatic carbocycles. The lowest BCUT2D eigenvalue weighted by Crippen LogP contribution is -2.40. The molecular weight excluding hydrogens is 374 g/mol. The minimum atomic E-state index is 0.299. The van der Waals surface area contributed by atoms with Gasteiger partial charge in [-0.05, 0) is 35.2 Å². The van der Waals surface area contributed by atoms with Crippen LogP contribution in [0, 0.1) is 0 Å². The third-order valence-corrected chi connectivity index (χ3v) is 5.07. The van der Waals surface area contributed by atoms with Crippen LogP contribution in [0.25, 0.3) is 22.0 Å². The highest BCUT2D eigenvalue weighted by molar-refractivity contribution is 5.91. The Morgan fingerprint density at radius 3 is 2.55 bits per heavy atom. The molecule has 0 spiro atoms. The number of fused-ring (bicyclic) bond motifs is 5. The molecule has 0 atom stereocenters. The summed E-state index contributed by atoms with van der Waals surface area (Å²) >= 11 is 0. The lowest BCUT2D eigenvalue weighted by atomic mass is 9.95. The van der Waals surface area contributed by atoms with Crippen molar-refractivity contribution in [1.82, 2.24) is 0 Å². The predicted octanol–water partition coefficient (Wildman–Crippen LogP) is 2.52. The molecule has 5 rings (SSSR count). The van der Waals surface area contributed by atoms with Crippen molar-refractivity contribution in [2.24, 2.45) is 0 Å². The van der Waals surface area contributed by atoms with Crippen LogP contribution in [-0.4, -0.2) is 21.0 Å². The van der Waals surface area contributed by atoms with E-state index in [2.05, 4.69) is 46.5 Å². The largest absolute Gasteiger partial charge is 0.664 e. The van der Waals surface area contributed by atoms with Crippen LogP contribution in [0.5, 0.6) is 23.0 Å². The van der Waals surface area contributed by atoms with E-state index < -0.39 is 0 Å². The Balaban J connectivity index is 0.000000472. The monoisotopic (exact) mass is 395 g/mol. The van der Waals surface area contributed by atoms with E-state index in [1.54, 1.807) is 14.2 Å². The molecule has 1 aromatic heterocycles. The Labute approximate surface area is 168 Å². The van der Waals surface area contributed by atoms with Crippen LogP contribution in [0.4, 0.5) is 0 Å². The molecule has 150 valence electrons. The fraction of sp³-hybridized carbons (Fsp3) is 0.227. The molecule has 7 nitrogen and oxygen atoms in total. The molecule has 7 heteroatoms. The summed E-state index contributed by atoms with van der Waals surface area (Å²) in [6.45, 7) is 4.16. The van der Waals surface area contributed by atoms with E-state index in [1.165, 1.54) is 16.8 Å². The Kier molecular flexibility index (Phi) is 5.14. The number of aryl methyl sites for hydroxylation is 2. The summed E-state index contributed by atoms with van der Waals surface area (Å²) in [6.07, 6.45) is 3.93. The lowest BCUT2D eigenvalue weighted by molar-refractivity contribution is -0.686. The second-order valence-corrected chi connectivity index (χ2v) is 6.53. The van der Waals surface area contributed by atoms with Crippen molar-refractivity contribution in [3.05, 3.63) is 54.9 Å².